The van der Waals surface area contributed by atoms with E-state index in [2.05, 4.69) is 53.7 Å². The van der Waals surface area contributed by atoms with E-state index in [1.54, 1.807) is 0 Å². The van der Waals surface area contributed by atoms with Crippen LogP contribution in [0.25, 0.3) is 0 Å². The maximum absolute atomic E-state index is 5.67. The molecule has 1 rings (SSSR count). The zero-order valence-corrected chi connectivity index (χ0v) is 15.4. The van der Waals surface area contributed by atoms with Crippen molar-refractivity contribution in [2.75, 3.05) is 32.9 Å². The summed E-state index contributed by atoms with van der Waals surface area (Å²) in [6, 6.07) is 8.33. The van der Waals surface area contributed by atoms with Crippen molar-refractivity contribution in [3.63, 3.8) is 0 Å². The van der Waals surface area contributed by atoms with Crippen molar-refractivity contribution in [2.45, 2.75) is 46.8 Å². The van der Waals surface area contributed by atoms with Crippen molar-refractivity contribution < 1.29 is 9.47 Å². The molecule has 0 aromatic heterocycles. The smallest absolute Gasteiger partial charge is 0.191 e. The Hall–Kier alpha value is -1.59. The van der Waals surface area contributed by atoms with Gasteiger partial charge in [0.2, 0.25) is 0 Å². The highest BCUT2D eigenvalue weighted by Gasteiger charge is 2.03. The maximum atomic E-state index is 5.67. The van der Waals surface area contributed by atoms with Gasteiger partial charge in [-0.2, -0.15) is 0 Å². The number of nitrogens with zero attached hydrogens (tertiary/aromatic N) is 1. The van der Waals surface area contributed by atoms with E-state index in [0.717, 1.165) is 51.7 Å². The predicted octanol–water partition coefficient (Wildman–Crippen LogP) is 3.09. The van der Waals surface area contributed by atoms with E-state index in [1.807, 2.05) is 6.92 Å². The molecule has 0 fully saturated rings. The number of aliphatic imine (C=N–C) groups is 1. The van der Waals surface area contributed by atoms with Gasteiger partial charge in [0, 0.05) is 32.9 Å². The molecule has 2 N–H and O–H groups in total. The molecule has 0 spiro atoms. The van der Waals surface area contributed by atoms with Crippen LogP contribution in [0.1, 0.15) is 44.7 Å². The molecule has 1 aromatic carbocycles. The molecule has 0 saturated carbocycles. The Labute approximate surface area is 146 Å². The summed E-state index contributed by atoms with van der Waals surface area (Å²) in [5.74, 6) is 0.846. The van der Waals surface area contributed by atoms with E-state index >= 15 is 0 Å². The number of rotatable bonds is 12. The maximum Gasteiger partial charge on any atom is 0.191 e. The van der Waals surface area contributed by atoms with Gasteiger partial charge in [-0.1, -0.05) is 31.2 Å². The summed E-state index contributed by atoms with van der Waals surface area (Å²) in [6.45, 7) is 11.5. The number of guanidine groups is 1. The van der Waals surface area contributed by atoms with Gasteiger partial charge in [0.05, 0.1) is 13.2 Å². The van der Waals surface area contributed by atoms with Gasteiger partial charge in [-0.3, -0.25) is 0 Å². The van der Waals surface area contributed by atoms with Crippen LogP contribution < -0.4 is 10.6 Å². The zero-order chi connectivity index (χ0) is 17.5. The second-order valence-corrected chi connectivity index (χ2v) is 5.49. The first kappa shape index (κ1) is 20.5. The second-order valence-electron chi connectivity index (χ2n) is 5.49. The molecule has 0 atom stereocenters. The molecule has 0 bridgehead atoms. The molecule has 0 aliphatic carbocycles. The van der Waals surface area contributed by atoms with Gasteiger partial charge in [0.1, 0.15) is 0 Å². The molecule has 5 heteroatoms. The first-order valence-corrected chi connectivity index (χ1v) is 9.06. The van der Waals surface area contributed by atoms with E-state index in [4.69, 9.17) is 9.47 Å². The molecule has 136 valence electrons. The molecule has 0 saturated heterocycles. The Kier molecular flexibility index (Phi) is 11.8. The number of hydrogen-bond acceptors (Lipinski definition) is 3. The number of ether oxygens (including phenoxy) is 2. The lowest BCUT2D eigenvalue weighted by Crippen LogP contribution is -2.38. The fraction of sp³-hybridized carbons (Fsp3) is 0.632. The second kappa shape index (κ2) is 13.8. The third-order valence-corrected chi connectivity index (χ3v) is 3.44. The highest BCUT2D eigenvalue weighted by atomic mass is 16.5. The van der Waals surface area contributed by atoms with Gasteiger partial charge in [-0.25, -0.2) is 4.99 Å². The lowest BCUT2D eigenvalue weighted by Gasteiger charge is -2.12. The van der Waals surface area contributed by atoms with Crippen LogP contribution in [0.2, 0.25) is 0 Å². The van der Waals surface area contributed by atoms with Gasteiger partial charge in [-0.05, 0) is 37.8 Å². The lowest BCUT2D eigenvalue weighted by molar-refractivity contribution is 0.121. The Morgan fingerprint density at radius 1 is 1.00 bits per heavy atom. The van der Waals surface area contributed by atoms with Crippen LogP contribution in [-0.4, -0.2) is 38.9 Å². The lowest BCUT2D eigenvalue weighted by atomic mass is 10.1. The largest absolute Gasteiger partial charge is 0.382 e. The number of hydrogen-bond donors (Lipinski definition) is 2. The van der Waals surface area contributed by atoms with Gasteiger partial charge in [0.25, 0.3) is 0 Å². The molecule has 0 heterocycles. The summed E-state index contributed by atoms with van der Waals surface area (Å²) < 4.78 is 11.0. The summed E-state index contributed by atoms with van der Waals surface area (Å²) in [4.78, 5) is 4.69. The molecular weight excluding hydrogens is 302 g/mol. The summed E-state index contributed by atoms with van der Waals surface area (Å²) in [5, 5.41) is 6.63. The standard InChI is InChI=1S/C19H33N3O2/c1-4-13-24-16-18-11-8-7-10-17(18)15-22-19(20-5-2)21-12-9-14-23-6-3/h7-8,10-11H,4-6,9,12-16H2,1-3H3,(H2,20,21,22). The van der Waals surface area contributed by atoms with Gasteiger partial charge >= 0.3 is 0 Å². The van der Waals surface area contributed by atoms with Crippen LogP contribution in [0.15, 0.2) is 29.3 Å². The van der Waals surface area contributed by atoms with Crippen molar-refractivity contribution in [3.05, 3.63) is 35.4 Å². The fourth-order valence-electron chi connectivity index (χ4n) is 2.21. The van der Waals surface area contributed by atoms with Crippen molar-refractivity contribution in [1.82, 2.24) is 10.6 Å². The summed E-state index contributed by atoms with van der Waals surface area (Å²) in [6.07, 6.45) is 2.01. The Balaban J connectivity index is 2.55. The molecule has 24 heavy (non-hydrogen) atoms. The quantitative estimate of drug-likeness (QED) is 0.350. The van der Waals surface area contributed by atoms with Crippen LogP contribution in [0.3, 0.4) is 0 Å². The van der Waals surface area contributed by atoms with E-state index in [1.165, 1.54) is 11.1 Å². The third kappa shape index (κ3) is 8.89. The highest BCUT2D eigenvalue weighted by molar-refractivity contribution is 5.79. The van der Waals surface area contributed by atoms with Crippen LogP contribution in [0.4, 0.5) is 0 Å². The number of nitrogens with one attached hydrogen (secondary N) is 2. The van der Waals surface area contributed by atoms with Gasteiger partial charge in [0.15, 0.2) is 5.96 Å². The Bertz CT molecular complexity index is 464. The molecule has 1 aromatic rings. The first-order valence-electron chi connectivity index (χ1n) is 9.06. The van der Waals surface area contributed by atoms with Crippen LogP contribution >= 0.6 is 0 Å². The minimum atomic E-state index is 0.645. The van der Waals surface area contributed by atoms with Crippen LogP contribution in [-0.2, 0) is 22.6 Å². The SMILES string of the molecule is CCCOCc1ccccc1CN=C(NCC)NCCCOCC. The third-order valence-electron chi connectivity index (χ3n) is 3.44. The van der Waals surface area contributed by atoms with Crippen molar-refractivity contribution in [2.24, 2.45) is 4.99 Å². The van der Waals surface area contributed by atoms with Gasteiger partial charge in [-0.15, -0.1) is 0 Å². The molecular formula is C19H33N3O2. The Morgan fingerprint density at radius 3 is 2.50 bits per heavy atom. The van der Waals surface area contributed by atoms with Crippen molar-refractivity contribution >= 4 is 5.96 Å². The monoisotopic (exact) mass is 335 g/mol. The fourth-order valence-corrected chi connectivity index (χ4v) is 2.21. The van der Waals surface area contributed by atoms with Crippen LogP contribution in [0.5, 0.6) is 0 Å². The first-order chi connectivity index (χ1) is 11.8. The molecule has 0 aliphatic heterocycles. The molecule has 5 nitrogen and oxygen atoms in total. The summed E-state index contributed by atoms with van der Waals surface area (Å²) >= 11 is 0. The minimum Gasteiger partial charge on any atom is -0.382 e. The summed E-state index contributed by atoms with van der Waals surface area (Å²) in [7, 11) is 0. The zero-order valence-electron chi connectivity index (χ0n) is 15.4. The molecule has 0 amide bonds. The normalized spacial score (nSPS) is 11.5. The average Bonchev–Trinajstić information content (AvgIpc) is 2.60. The van der Waals surface area contributed by atoms with Crippen molar-refractivity contribution in [3.8, 4) is 0 Å². The predicted molar refractivity (Wildman–Crippen MR) is 100 cm³/mol. The summed E-state index contributed by atoms with van der Waals surface area (Å²) in [5.41, 5.74) is 2.42. The van der Waals surface area contributed by atoms with E-state index in [0.29, 0.717) is 13.2 Å². The number of benzene rings is 1. The van der Waals surface area contributed by atoms with E-state index < -0.39 is 0 Å². The highest BCUT2D eigenvalue weighted by Crippen LogP contribution is 2.11. The van der Waals surface area contributed by atoms with Crippen molar-refractivity contribution in [1.29, 1.82) is 0 Å². The average molecular weight is 335 g/mol. The van der Waals surface area contributed by atoms with Crippen LogP contribution in [0, 0.1) is 0 Å². The topological polar surface area (TPSA) is 54.9 Å². The van der Waals surface area contributed by atoms with E-state index in [9.17, 15) is 0 Å². The van der Waals surface area contributed by atoms with Gasteiger partial charge < -0.3 is 20.1 Å². The molecule has 0 aliphatic rings. The Morgan fingerprint density at radius 2 is 1.79 bits per heavy atom. The minimum absolute atomic E-state index is 0.645. The molecule has 0 unspecified atom stereocenters. The molecule has 0 radical (unpaired) electrons. The van der Waals surface area contributed by atoms with E-state index in [-0.39, 0.29) is 0 Å².